The fourth-order valence-electron chi connectivity index (χ4n) is 3.64. The third-order valence-corrected chi connectivity index (χ3v) is 4.71. The summed E-state index contributed by atoms with van der Waals surface area (Å²) in [4.78, 5) is 25.2. The molecule has 2 saturated heterocycles. The number of fused-ring (bicyclic) bond motifs is 2. The second-order valence-corrected chi connectivity index (χ2v) is 5.95. The van der Waals surface area contributed by atoms with Gasteiger partial charge < -0.3 is 9.80 Å². The number of carbonyl (C=O) groups is 1. The number of rotatable bonds is 1. The van der Waals surface area contributed by atoms with E-state index in [9.17, 15) is 4.79 Å². The Morgan fingerprint density at radius 1 is 1.24 bits per heavy atom. The number of amides is 1. The minimum Gasteiger partial charge on any atom is -0.353 e. The van der Waals surface area contributed by atoms with Gasteiger partial charge in [0, 0.05) is 32.5 Å². The molecule has 1 aromatic heterocycles. The summed E-state index contributed by atoms with van der Waals surface area (Å²) in [6.45, 7) is 4.42. The molecule has 0 unspecified atom stereocenters. The van der Waals surface area contributed by atoms with Crippen LogP contribution in [0.2, 0.25) is 0 Å². The number of aromatic nitrogens is 2. The van der Waals surface area contributed by atoms with Gasteiger partial charge in [-0.3, -0.25) is 9.78 Å². The summed E-state index contributed by atoms with van der Waals surface area (Å²) >= 11 is 0. The standard InChI is InChI=1S/C16H18N4O/c1-11(21)20-7-6-12-9-19(10-15(12)20)16-8-17-13-4-2-3-5-14(13)18-16/h2-5,8,12,15H,6-7,9-10H2,1H3/t12-,15+/m1/s1. The third-order valence-electron chi connectivity index (χ3n) is 4.71. The number of para-hydroxylation sites is 2. The van der Waals surface area contributed by atoms with Crippen molar-refractivity contribution in [1.29, 1.82) is 0 Å². The Morgan fingerprint density at radius 3 is 2.86 bits per heavy atom. The van der Waals surface area contributed by atoms with Gasteiger partial charge in [-0.1, -0.05) is 12.1 Å². The summed E-state index contributed by atoms with van der Waals surface area (Å²) in [6.07, 6.45) is 2.95. The minimum atomic E-state index is 0.189. The molecule has 108 valence electrons. The summed E-state index contributed by atoms with van der Waals surface area (Å²) in [7, 11) is 0. The van der Waals surface area contributed by atoms with E-state index in [0.29, 0.717) is 12.0 Å². The number of nitrogens with zero attached hydrogens (tertiary/aromatic N) is 4. The van der Waals surface area contributed by atoms with Gasteiger partial charge in [-0.2, -0.15) is 0 Å². The van der Waals surface area contributed by atoms with Crippen LogP contribution in [0.5, 0.6) is 0 Å². The van der Waals surface area contributed by atoms with E-state index >= 15 is 0 Å². The van der Waals surface area contributed by atoms with Crippen LogP contribution in [0, 0.1) is 5.92 Å². The van der Waals surface area contributed by atoms with Gasteiger partial charge in [0.1, 0.15) is 5.82 Å². The van der Waals surface area contributed by atoms with Gasteiger partial charge in [0.25, 0.3) is 0 Å². The number of likely N-dealkylation sites (tertiary alicyclic amines) is 1. The van der Waals surface area contributed by atoms with Crippen LogP contribution >= 0.6 is 0 Å². The summed E-state index contributed by atoms with van der Waals surface area (Å²) < 4.78 is 0. The zero-order valence-electron chi connectivity index (χ0n) is 12.1. The predicted octanol–water partition coefficient (Wildman–Crippen LogP) is 1.69. The minimum absolute atomic E-state index is 0.189. The van der Waals surface area contributed by atoms with Gasteiger partial charge >= 0.3 is 0 Å². The molecule has 5 heteroatoms. The zero-order valence-corrected chi connectivity index (χ0v) is 12.1. The van der Waals surface area contributed by atoms with Crippen molar-refractivity contribution in [2.45, 2.75) is 19.4 Å². The fraction of sp³-hybridized carbons (Fsp3) is 0.438. The zero-order chi connectivity index (χ0) is 14.4. The predicted molar refractivity (Wildman–Crippen MR) is 81.0 cm³/mol. The largest absolute Gasteiger partial charge is 0.353 e. The highest BCUT2D eigenvalue weighted by atomic mass is 16.2. The Kier molecular flexibility index (Phi) is 2.80. The lowest BCUT2D eigenvalue weighted by atomic mass is 10.1. The maximum Gasteiger partial charge on any atom is 0.219 e. The first-order valence-electron chi connectivity index (χ1n) is 7.46. The summed E-state index contributed by atoms with van der Waals surface area (Å²) in [5.74, 6) is 1.68. The number of benzene rings is 1. The van der Waals surface area contributed by atoms with Crippen molar-refractivity contribution in [2.75, 3.05) is 24.5 Å². The topological polar surface area (TPSA) is 49.3 Å². The number of anilines is 1. The number of hydrogen-bond donors (Lipinski definition) is 0. The van der Waals surface area contributed by atoms with E-state index in [1.807, 2.05) is 35.4 Å². The van der Waals surface area contributed by atoms with Crippen LogP contribution in [0.25, 0.3) is 11.0 Å². The van der Waals surface area contributed by atoms with Crippen molar-refractivity contribution in [3.63, 3.8) is 0 Å². The van der Waals surface area contributed by atoms with E-state index in [1.54, 1.807) is 6.92 Å². The lowest BCUT2D eigenvalue weighted by molar-refractivity contribution is -0.129. The van der Waals surface area contributed by atoms with Crippen molar-refractivity contribution < 1.29 is 4.79 Å². The van der Waals surface area contributed by atoms with E-state index < -0.39 is 0 Å². The molecule has 0 aliphatic carbocycles. The quantitative estimate of drug-likeness (QED) is 0.798. The Balaban J connectivity index is 1.61. The smallest absolute Gasteiger partial charge is 0.219 e. The van der Waals surface area contributed by atoms with Crippen LogP contribution in [0.4, 0.5) is 5.82 Å². The van der Waals surface area contributed by atoms with E-state index in [1.165, 1.54) is 0 Å². The van der Waals surface area contributed by atoms with Gasteiger partial charge in [-0.15, -0.1) is 0 Å². The van der Waals surface area contributed by atoms with Crippen LogP contribution in [-0.4, -0.2) is 46.5 Å². The molecular weight excluding hydrogens is 264 g/mol. The third kappa shape index (κ3) is 2.04. The fourth-order valence-corrected chi connectivity index (χ4v) is 3.64. The van der Waals surface area contributed by atoms with Crippen molar-refractivity contribution in [3.8, 4) is 0 Å². The van der Waals surface area contributed by atoms with Crippen molar-refractivity contribution in [2.24, 2.45) is 5.92 Å². The maximum atomic E-state index is 11.7. The number of hydrogen-bond acceptors (Lipinski definition) is 4. The van der Waals surface area contributed by atoms with Gasteiger partial charge in [-0.25, -0.2) is 4.98 Å². The second-order valence-electron chi connectivity index (χ2n) is 5.95. The Morgan fingerprint density at radius 2 is 2.05 bits per heavy atom. The van der Waals surface area contributed by atoms with E-state index in [0.717, 1.165) is 42.9 Å². The summed E-state index contributed by atoms with van der Waals surface area (Å²) in [5, 5.41) is 0. The van der Waals surface area contributed by atoms with Crippen molar-refractivity contribution in [3.05, 3.63) is 30.5 Å². The van der Waals surface area contributed by atoms with Gasteiger partial charge in [-0.05, 0) is 18.6 Å². The molecule has 4 rings (SSSR count). The molecule has 2 aromatic rings. The molecule has 2 aliphatic heterocycles. The van der Waals surface area contributed by atoms with Crippen LogP contribution in [0.1, 0.15) is 13.3 Å². The van der Waals surface area contributed by atoms with Gasteiger partial charge in [0.2, 0.25) is 5.91 Å². The van der Waals surface area contributed by atoms with Crippen molar-refractivity contribution in [1.82, 2.24) is 14.9 Å². The molecule has 0 N–H and O–H groups in total. The molecule has 2 atom stereocenters. The molecule has 0 bridgehead atoms. The molecule has 3 heterocycles. The van der Waals surface area contributed by atoms with Gasteiger partial charge in [0.05, 0.1) is 23.3 Å². The maximum absolute atomic E-state index is 11.7. The molecule has 2 fully saturated rings. The lowest BCUT2D eigenvalue weighted by Gasteiger charge is -2.24. The average Bonchev–Trinajstić information content (AvgIpc) is 3.06. The summed E-state index contributed by atoms with van der Waals surface area (Å²) in [6, 6.07) is 8.27. The SMILES string of the molecule is CC(=O)N1CC[C@@H]2CN(c3cnc4ccccc4n3)C[C@@H]21. The number of carbonyl (C=O) groups excluding carboxylic acids is 1. The highest BCUT2D eigenvalue weighted by Crippen LogP contribution is 2.33. The molecule has 0 radical (unpaired) electrons. The first-order chi connectivity index (χ1) is 10.2. The molecular formula is C16H18N4O. The molecule has 1 aromatic carbocycles. The van der Waals surface area contributed by atoms with Crippen LogP contribution in [0.15, 0.2) is 30.5 Å². The van der Waals surface area contributed by atoms with Gasteiger partial charge in [0.15, 0.2) is 0 Å². The second kappa shape index (κ2) is 4.69. The van der Waals surface area contributed by atoms with Crippen LogP contribution in [0.3, 0.4) is 0 Å². The highest BCUT2D eigenvalue weighted by molar-refractivity contribution is 5.76. The van der Waals surface area contributed by atoms with E-state index in [2.05, 4.69) is 9.88 Å². The molecule has 5 nitrogen and oxygen atoms in total. The van der Waals surface area contributed by atoms with Crippen LogP contribution in [-0.2, 0) is 4.79 Å². The Hall–Kier alpha value is -2.17. The molecule has 21 heavy (non-hydrogen) atoms. The normalized spacial score (nSPS) is 24.6. The van der Waals surface area contributed by atoms with E-state index in [4.69, 9.17) is 4.98 Å². The van der Waals surface area contributed by atoms with Crippen LogP contribution < -0.4 is 4.90 Å². The average molecular weight is 282 g/mol. The van der Waals surface area contributed by atoms with Crippen molar-refractivity contribution >= 4 is 22.8 Å². The van der Waals surface area contributed by atoms with E-state index in [-0.39, 0.29) is 5.91 Å². The monoisotopic (exact) mass is 282 g/mol. The lowest BCUT2D eigenvalue weighted by Crippen LogP contribution is -2.38. The first-order valence-corrected chi connectivity index (χ1v) is 7.46. The molecule has 2 aliphatic rings. The molecule has 0 spiro atoms. The highest BCUT2D eigenvalue weighted by Gasteiger charge is 2.42. The Labute approximate surface area is 123 Å². The summed E-state index contributed by atoms with van der Waals surface area (Å²) in [5.41, 5.74) is 1.85. The molecule has 0 saturated carbocycles. The first kappa shape index (κ1) is 12.6. The molecule has 1 amide bonds. The Bertz CT molecular complexity index is 701.